The number of rotatable bonds is 4. The van der Waals surface area contributed by atoms with Crippen molar-refractivity contribution >= 4 is 27.4 Å². The first kappa shape index (κ1) is 15.5. The van der Waals surface area contributed by atoms with Crippen LogP contribution in [0.5, 0.6) is 0 Å². The van der Waals surface area contributed by atoms with Gasteiger partial charge in [-0.2, -0.15) is 0 Å². The Kier molecular flexibility index (Phi) is 4.32. The Hall–Kier alpha value is -1.89. The monoisotopic (exact) mass is 311 g/mol. The summed E-state index contributed by atoms with van der Waals surface area (Å²) in [4.78, 5) is 23.1. The molecule has 0 bridgehead atoms. The Balaban J connectivity index is 2.06. The van der Waals surface area contributed by atoms with Crippen molar-refractivity contribution in [3.05, 3.63) is 24.3 Å². The SMILES string of the molecule is CS(=O)(=O)c1cccc(NC(=O)[C@@H]2CC[C@H](C(=O)O)C2)c1. The van der Waals surface area contributed by atoms with Crippen molar-refractivity contribution in [2.45, 2.75) is 24.2 Å². The number of anilines is 1. The summed E-state index contributed by atoms with van der Waals surface area (Å²) in [5.74, 6) is -1.94. The summed E-state index contributed by atoms with van der Waals surface area (Å²) in [6, 6.07) is 6.02. The fourth-order valence-corrected chi connectivity index (χ4v) is 3.16. The molecule has 1 amide bonds. The van der Waals surface area contributed by atoms with Gasteiger partial charge in [-0.15, -0.1) is 0 Å². The number of amides is 1. The van der Waals surface area contributed by atoms with Crippen molar-refractivity contribution in [3.63, 3.8) is 0 Å². The molecule has 0 saturated heterocycles. The van der Waals surface area contributed by atoms with Gasteiger partial charge in [-0.1, -0.05) is 6.07 Å². The van der Waals surface area contributed by atoms with Gasteiger partial charge in [0.1, 0.15) is 0 Å². The third kappa shape index (κ3) is 3.81. The Morgan fingerprint density at radius 1 is 1.24 bits per heavy atom. The van der Waals surface area contributed by atoms with E-state index in [2.05, 4.69) is 5.32 Å². The molecule has 2 atom stereocenters. The molecule has 6 nitrogen and oxygen atoms in total. The van der Waals surface area contributed by atoms with Crippen molar-refractivity contribution < 1.29 is 23.1 Å². The first-order valence-electron chi connectivity index (χ1n) is 6.61. The molecule has 0 unspecified atom stereocenters. The highest BCUT2D eigenvalue weighted by Crippen LogP contribution is 2.32. The minimum Gasteiger partial charge on any atom is -0.481 e. The minimum atomic E-state index is -3.33. The molecule has 1 fully saturated rings. The number of carbonyl (C=O) groups excluding carboxylic acids is 1. The maximum Gasteiger partial charge on any atom is 0.306 e. The Labute approximate surface area is 123 Å². The molecule has 1 aromatic rings. The molecular weight excluding hydrogens is 294 g/mol. The van der Waals surface area contributed by atoms with Crippen molar-refractivity contribution in [2.24, 2.45) is 11.8 Å². The first-order chi connectivity index (χ1) is 9.77. The van der Waals surface area contributed by atoms with Crippen molar-refractivity contribution in [1.29, 1.82) is 0 Å². The summed E-state index contributed by atoms with van der Waals surface area (Å²) >= 11 is 0. The average molecular weight is 311 g/mol. The van der Waals surface area contributed by atoms with Crippen LogP contribution in [-0.4, -0.2) is 31.7 Å². The number of carboxylic acid groups (broad SMARTS) is 1. The lowest BCUT2D eigenvalue weighted by Crippen LogP contribution is -2.21. The summed E-state index contributed by atoms with van der Waals surface area (Å²) in [6.07, 6.45) is 2.46. The molecule has 114 valence electrons. The van der Waals surface area contributed by atoms with Crippen molar-refractivity contribution in [2.75, 3.05) is 11.6 Å². The molecule has 1 aliphatic carbocycles. The second-order valence-electron chi connectivity index (χ2n) is 5.33. The van der Waals surface area contributed by atoms with E-state index >= 15 is 0 Å². The van der Waals surface area contributed by atoms with Gasteiger partial charge in [-0.05, 0) is 37.5 Å². The number of carbonyl (C=O) groups is 2. The fraction of sp³-hybridized carbons (Fsp3) is 0.429. The van der Waals surface area contributed by atoms with E-state index in [0.717, 1.165) is 6.26 Å². The number of carboxylic acids is 1. The lowest BCUT2D eigenvalue weighted by molar-refractivity contribution is -0.141. The summed E-state index contributed by atoms with van der Waals surface area (Å²) in [5, 5.41) is 11.6. The number of sulfone groups is 1. The van der Waals surface area contributed by atoms with Crippen LogP contribution >= 0.6 is 0 Å². The number of nitrogens with one attached hydrogen (secondary N) is 1. The number of hydrogen-bond acceptors (Lipinski definition) is 4. The summed E-state index contributed by atoms with van der Waals surface area (Å²) in [5.41, 5.74) is 0.404. The normalized spacial score (nSPS) is 22.0. The molecular formula is C14H17NO5S. The highest BCUT2D eigenvalue weighted by atomic mass is 32.2. The smallest absolute Gasteiger partial charge is 0.306 e. The molecule has 1 aromatic carbocycles. The Bertz CT molecular complexity index is 668. The summed E-state index contributed by atoms with van der Waals surface area (Å²) < 4.78 is 22.9. The van der Waals surface area contributed by atoms with Gasteiger partial charge >= 0.3 is 5.97 Å². The molecule has 2 rings (SSSR count). The highest BCUT2D eigenvalue weighted by molar-refractivity contribution is 7.90. The fourth-order valence-electron chi connectivity index (χ4n) is 2.49. The van der Waals surface area contributed by atoms with Gasteiger partial charge in [-0.3, -0.25) is 9.59 Å². The minimum absolute atomic E-state index is 0.134. The van der Waals surface area contributed by atoms with E-state index in [1.165, 1.54) is 12.1 Å². The third-order valence-electron chi connectivity index (χ3n) is 3.68. The molecule has 0 aromatic heterocycles. The van der Waals surface area contributed by atoms with Crippen molar-refractivity contribution in [1.82, 2.24) is 0 Å². The number of hydrogen-bond donors (Lipinski definition) is 2. The van der Waals surface area contributed by atoms with Gasteiger partial charge in [0.05, 0.1) is 10.8 Å². The van der Waals surface area contributed by atoms with Crippen LogP contribution in [0.15, 0.2) is 29.2 Å². The predicted octanol–water partition coefficient (Wildman–Crippen LogP) is 1.53. The molecule has 0 aliphatic heterocycles. The van der Waals surface area contributed by atoms with Gasteiger partial charge in [-0.25, -0.2) is 8.42 Å². The largest absolute Gasteiger partial charge is 0.481 e. The van der Waals surface area contributed by atoms with Gasteiger partial charge in [0.25, 0.3) is 0 Å². The maximum absolute atomic E-state index is 12.1. The highest BCUT2D eigenvalue weighted by Gasteiger charge is 2.33. The molecule has 21 heavy (non-hydrogen) atoms. The number of benzene rings is 1. The molecule has 1 saturated carbocycles. The van der Waals surface area contributed by atoms with Crippen LogP contribution in [0, 0.1) is 11.8 Å². The van der Waals surface area contributed by atoms with Gasteiger partial charge in [0, 0.05) is 17.9 Å². The molecule has 7 heteroatoms. The van der Waals surface area contributed by atoms with Crippen LogP contribution in [-0.2, 0) is 19.4 Å². The lowest BCUT2D eigenvalue weighted by atomic mass is 10.0. The van der Waals surface area contributed by atoms with E-state index in [0.29, 0.717) is 24.9 Å². The molecule has 0 radical (unpaired) electrons. The second-order valence-corrected chi connectivity index (χ2v) is 7.35. The standard InChI is InChI=1S/C14H17NO5S/c1-21(19,20)12-4-2-3-11(8-12)15-13(16)9-5-6-10(7-9)14(17)18/h2-4,8-10H,5-7H2,1H3,(H,15,16)(H,17,18)/t9-,10+/m1/s1. The van der Waals surface area contributed by atoms with Crippen LogP contribution in [0.3, 0.4) is 0 Å². The molecule has 0 heterocycles. The number of aliphatic carboxylic acids is 1. The van der Waals surface area contributed by atoms with Gasteiger partial charge in [0.2, 0.25) is 5.91 Å². The van der Waals surface area contributed by atoms with E-state index < -0.39 is 21.7 Å². The van der Waals surface area contributed by atoms with Crippen LogP contribution in [0.4, 0.5) is 5.69 Å². The zero-order chi connectivity index (χ0) is 15.6. The van der Waals surface area contributed by atoms with E-state index in [1.54, 1.807) is 12.1 Å². The molecule has 1 aliphatic rings. The first-order valence-corrected chi connectivity index (χ1v) is 8.50. The quantitative estimate of drug-likeness (QED) is 0.878. The van der Waals surface area contributed by atoms with Gasteiger partial charge in [0.15, 0.2) is 9.84 Å². The van der Waals surface area contributed by atoms with E-state index in [1.807, 2.05) is 0 Å². The zero-order valence-electron chi connectivity index (χ0n) is 11.6. The van der Waals surface area contributed by atoms with E-state index in [4.69, 9.17) is 5.11 Å². The summed E-state index contributed by atoms with van der Waals surface area (Å²) in [7, 11) is -3.33. The zero-order valence-corrected chi connectivity index (χ0v) is 12.4. The van der Waals surface area contributed by atoms with Crippen LogP contribution in [0.2, 0.25) is 0 Å². The second kappa shape index (κ2) is 5.85. The van der Waals surface area contributed by atoms with E-state index in [9.17, 15) is 18.0 Å². The van der Waals surface area contributed by atoms with Crippen LogP contribution in [0.1, 0.15) is 19.3 Å². The van der Waals surface area contributed by atoms with E-state index in [-0.39, 0.29) is 16.7 Å². The lowest BCUT2D eigenvalue weighted by Gasteiger charge is -2.11. The Morgan fingerprint density at radius 2 is 1.90 bits per heavy atom. The predicted molar refractivity (Wildman–Crippen MR) is 76.6 cm³/mol. The van der Waals surface area contributed by atoms with Crippen LogP contribution in [0.25, 0.3) is 0 Å². The third-order valence-corrected chi connectivity index (χ3v) is 4.79. The van der Waals surface area contributed by atoms with Crippen molar-refractivity contribution in [3.8, 4) is 0 Å². The molecule has 2 N–H and O–H groups in total. The Morgan fingerprint density at radius 3 is 2.48 bits per heavy atom. The maximum atomic E-state index is 12.1. The van der Waals surface area contributed by atoms with Gasteiger partial charge < -0.3 is 10.4 Å². The average Bonchev–Trinajstić information content (AvgIpc) is 2.88. The van der Waals surface area contributed by atoms with Crippen LogP contribution < -0.4 is 5.32 Å². The molecule has 0 spiro atoms. The topological polar surface area (TPSA) is 101 Å². The summed E-state index contributed by atoms with van der Waals surface area (Å²) in [6.45, 7) is 0.